The van der Waals surface area contributed by atoms with Gasteiger partial charge in [0.2, 0.25) is 10.0 Å². The van der Waals surface area contributed by atoms with Crippen molar-refractivity contribution in [1.82, 2.24) is 19.0 Å². The molecule has 1 aromatic heterocycles. The zero-order valence-corrected chi connectivity index (χ0v) is 20.8. The third-order valence-corrected chi connectivity index (χ3v) is 7.67. The first-order chi connectivity index (χ1) is 15.5. The lowest BCUT2D eigenvalue weighted by Gasteiger charge is -2.35. The summed E-state index contributed by atoms with van der Waals surface area (Å²) >= 11 is 6.33. The number of ether oxygens (including phenoxy) is 1. The van der Waals surface area contributed by atoms with Crippen molar-refractivity contribution >= 4 is 33.5 Å². The van der Waals surface area contributed by atoms with Crippen molar-refractivity contribution < 1.29 is 22.7 Å². The molecule has 1 aliphatic heterocycles. The SMILES string of the molecule is Cc1nn(CC(C)C)c(Cl)c1C(=O)O[C@H](C)C(=O)N1CCN(S(=O)(=O)c2ccccc2)CC1. The Morgan fingerprint density at radius 1 is 1.09 bits per heavy atom. The Morgan fingerprint density at radius 3 is 2.27 bits per heavy atom. The first kappa shape index (κ1) is 25.2. The Morgan fingerprint density at radius 2 is 1.70 bits per heavy atom. The van der Waals surface area contributed by atoms with E-state index in [1.165, 1.54) is 16.1 Å². The lowest BCUT2D eigenvalue weighted by Crippen LogP contribution is -2.52. The average molecular weight is 497 g/mol. The predicted octanol–water partition coefficient (Wildman–Crippen LogP) is 2.58. The maximum Gasteiger partial charge on any atom is 0.343 e. The molecule has 0 bridgehead atoms. The number of hydrogen-bond donors (Lipinski definition) is 0. The molecule has 3 rings (SSSR count). The van der Waals surface area contributed by atoms with E-state index in [2.05, 4.69) is 5.10 Å². The van der Waals surface area contributed by atoms with E-state index >= 15 is 0 Å². The highest BCUT2D eigenvalue weighted by Gasteiger charge is 2.33. The number of rotatable bonds is 7. The molecule has 180 valence electrons. The summed E-state index contributed by atoms with van der Waals surface area (Å²) in [5.41, 5.74) is 0.584. The van der Waals surface area contributed by atoms with Crippen LogP contribution in [-0.2, 0) is 26.1 Å². The Kier molecular flexibility index (Phi) is 7.81. The minimum atomic E-state index is -3.62. The molecule has 9 nitrogen and oxygen atoms in total. The van der Waals surface area contributed by atoms with Gasteiger partial charge in [0.15, 0.2) is 6.10 Å². The van der Waals surface area contributed by atoms with Crippen molar-refractivity contribution in [1.29, 1.82) is 0 Å². The van der Waals surface area contributed by atoms with E-state index in [1.807, 2.05) is 13.8 Å². The molecule has 1 aromatic carbocycles. The molecule has 2 heterocycles. The number of sulfonamides is 1. The summed E-state index contributed by atoms with van der Waals surface area (Å²) in [4.78, 5) is 27.3. The molecule has 1 atom stereocenters. The van der Waals surface area contributed by atoms with Gasteiger partial charge in [-0.05, 0) is 31.9 Å². The molecule has 0 saturated carbocycles. The molecular formula is C22H29ClN4O5S. The van der Waals surface area contributed by atoms with Gasteiger partial charge in [-0.2, -0.15) is 9.40 Å². The lowest BCUT2D eigenvalue weighted by molar-refractivity contribution is -0.141. The molecule has 1 amide bonds. The maximum absolute atomic E-state index is 12.8. The van der Waals surface area contributed by atoms with Crippen LogP contribution in [0.4, 0.5) is 0 Å². The van der Waals surface area contributed by atoms with Gasteiger partial charge in [0, 0.05) is 32.7 Å². The Hall–Kier alpha value is -2.43. The molecule has 0 aliphatic carbocycles. The zero-order valence-electron chi connectivity index (χ0n) is 19.2. The summed E-state index contributed by atoms with van der Waals surface area (Å²) in [6, 6.07) is 8.18. The number of carbonyl (C=O) groups excluding carboxylic acids is 2. The van der Waals surface area contributed by atoms with Gasteiger partial charge in [-0.1, -0.05) is 43.6 Å². The number of benzene rings is 1. The van der Waals surface area contributed by atoms with Crippen LogP contribution >= 0.6 is 11.6 Å². The molecule has 0 radical (unpaired) electrons. The molecule has 1 aliphatic rings. The molecule has 0 spiro atoms. The van der Waals surface area contributed by atoms with Gasteiger partial charge >= 0.3 is 5.97 Å². The summed E-state index contributed by atoms with van der Waals surface area (Å²) in [7, 11) is -3.62. The van der Waals surface area contributed by atoms with Crippen LogP contribution in [0.1, 0.15) is 36.8 Å². The van der Waals surface area contributed by atoms with Crippen molar-refractivity contribution in [3.8, 4) is 0 Å². The van der Waals surface area contributed by atoms with Gasteiger partial charge < -0.3 is 9.64 Å². The largest absolute Gasteiger partial charge is 0.449 e. The fourth-order valence-electron chi connectivity index (χ4n) is 3.67. The Bertz CT molecular complexity index is 1110. The highest BCUT2D eigenvalue weighted by molar-refractivity contribution is 7.89. The second-order valence-electron chi connectivity index (χ2n) is 8.42. The number of hydrogen-bond acceptors (Lipinski definition) is 6. The Labute approximate surface area is 199 Å². The Balaban J connectivity index is 1.60. The highest BCUT2D eigenvalue weighted by atomic mass is 35.5. The number of aryl methyl sites for hydroxylation is 1. The number of halogens is 1. The summed E-state index contributed by atoms with van der Waals surface area (Å²) in [5.74, 6) is -0.808. The van der Waals surface area contributed by atoms with E-state index < -0.39 is 22.1 Å². The van der Waals surface area contributed by atoms with Crippen LogP contribution in [0, 0.1) is 12.8 Å². The van der Waals surface area contributed by atoms with Crippen LogP contribution in [0.15, 0.2) is 35.2 Å². The number of esters is 1. The van der Waals surface area contributed by atoms with Gasteiger partial charge in [0.25, 0.3) is 5.91 Å². The first-order valence-electron chi connectivity index (χ1n) is 10.8. The van der Waals surface area contributed by atoms with E-state index in [-0.39, 0.29) is 53.6 Å². The van der Waals surface area contributed by atoms with E-state index in [0.29, 0.717) is 12.2 Å². The standard InChI is InChI=1S/C22H29ClN4O5S/c1-15(2)14-27-20(23)19(16(3)24-27)22(29)32-17(4)21(28)25-10-12-26(13-11-25)33(30,31)18-8-6-5-7-9-18/h5-9,15,17H,10-14H2,1-4H3/t17-/m1/s1. The molecule has 33 heavy (non-hydrogen) atoms. The maximum atomic E-state index is 12.8. The zero-order chi connectivity index (χ0) is 24.3. The number of nitrogens with zero attached hydrogens (tertiary/aromatic N) is 4. The summed E-state index contributed by atoms with van der Waals surface area (Å²) in [6.45, 7) is 8.48. The van der Waals surface area contributed by atoms with Gasteiger partial charge in [-0.3, -0.25) is 9.48 Å². The summed E-state index contributed by atoms with van der Waals surface area (Å²) in [6.07, 6.45) is -1.04. The van der Waals surface area contributed by atoms with E-state index in [9.17, 15) is 18.0 Å². The van der Waals surface area contributed by atoms with Crippen molar-refractivity contribution in [3.63, 3.8) is 0 Å². The van der Waals surface area contributed by atoms with Crippen LogP contribution in [0.3, 0.4) is 0 Å². The van der Waals surface area contributed by atoms with Crippen LogP contribution in [-0.4, -0.2) is 71.6 Å². The number of carbonyl (C=O) groups is 2. The molecule has 1 fully saturated rings. The number of aromatic nitrogens is 2. The van der Waals surface area contributed by atoms with E-state index in [0.717, 1.165) is 0 Å². The molecular weight excluding hydrogens is 468 g/mol. The van der Waals surface area contributed by atoms with Crippen molar-refractivity contribution in [2.45, 2.75) is 45.2 Å². The minimum absolute atomic E-state index is 0.149. The van der Waals surface area contributed by atoms with E-state index in [4.69, 9.17) is 16.3 Å². The lowest BCUT2D eigenvalue weighted by atomic mass is 10.2. The molecule has 1 saturated heterocycles. The summed E-state index contributed by atoms with van der Waals surface area (Å²) < 4.78 is 33.8. The quantitative estimate of drug-likeness (QED) is 0.546. The topological polar surface area (TPSA) is 102 Å². The third kappa shape index (κ3) is 5.56. The predicted molar refractivity (Wildman–Crippen MR) is 123 cm³/mol. The third-order valence-electron chi connectivity index (χ3n) is 5.37. The van der Waals surface area contributed by atoms with Gasteiger partial charge in [-0.25, -0.2) is 13.2 Å². The number of piperazine rings is 1. The van der Waals surface area contributed by atoms with Crippen molar-refractivity contribution in [2.24, 2.45) is 5.92 Å². The minimum Gasteiger partial charge on any atom is -0.449 e. The molecule has 0 unspecified atom stereocenters. The fraction of sp³-hybridized carbons (Fsp3) is 0.500. The van der Waals surface area contributed by atoms with Gasteiger partial charge in [-0.15, -0.1) is 0 Å². The second-order valence-corrected chi connectivity index (χ2v) is 10.7. The van der Waals surface area contributed by atoms with Crippen LogP contribution in [0.5, 0.6) is 0 Å². The first-order valence-corrected chi connectivity index (χ1v) is 12.6. The van der Waals surface area contributed by atoms with Crippen molar-refractivity contribution in [3.05, 3.63) is 46.7 Å². The van der Waals surface area contributed by atoms with Crippen LogP contribution < -0.4 is 0 Å². The van der Waals surface area contributed by atoms with Crippen molar-refractivity contribution in [2.75, 3.05) is 26.2 Å². The highest BCUT2D eigenvalue weighted by Crippen LogP contribution is 2.23. The van der Waals surface area contributed by atoms with Crippen LogP contribution in [0.2, 0.25) is 5.15 Å². The molecule has 0 N–H and O–H groups in total. The smallest absolute Gasteiger partial charge is 0.343 e. The fourth-order valence-corrected chi connectivity index (χ4v) is 5.43. The number of amides is 1. The van der Waals surface area contributed by atoms with Crippen LogP contribution in [0.25, 0.3) is 0 Å². The molecule has 2 aromatic rings. The van der Waals surface area contributed by atoms with Gasteiger partial charge in [0.1, 0.15) is 10.7 Å². The average Bonchev–Trinajstić information content (AvgIpc) is 3.06. The monoisotopic (exact) mass is 496 g/mol. The molecule has 11 heteroatoms. The van der Waals surface area contributed by atoms with E-state index in [1.54, 1.807) is 41.9 Å². The van der Waals surface area contributed by atoms with Gasteiger partial charge in [0.05, 0.1) is 10.6 Å². The second kappa shape index (κ2) is 10.2. The summed E-state index contributed by atoms with van der Waals surface area (Å²) in [5, 5.41) is 4.48. The normalized spacial score (nSPS) is 16.1.